The minimum absolute atomic E-state index is 0.0653. The molecular formula is C19H23N3O6. The van der Waals surface area contributed by atoms with Gasteiger partial charge in [-0.15, -0.1) is 0 Å². The lowest BCUT2D eigenvalue weighted by atomic mass is 10.1. The van der Waals surface area contributed by atoms with Gasteiger partial charge in [0.05, 0.1) is 12.1 Å². The van der Waals surface area contributed by atoms with Crippen LogP contribution in [0.15, 0.2) is 24.3 Å². The zero-order chi connectivity index (χ0) is 20.1. The first-order valence-corrected chi connectivity index (χ1v) is 9.30. The molecule has 2 atom stereocenters. The van der Waals surface area contributed by atoms with Crippen LogP contribution in [0, 0.1) is 0 Å². The van der Waals surface area contributed by atoms with Gasteiger partial charge in [-0.05, 0) is 31.9 Å². The van der Waals surface area contributed by atoms with E-state index in [-0.39, 0.29) is 12.5 Å². The largest absolute Gasteiger partial charge is 0.478 e. The fraction of sp³-hybridized carbons (Fsp3) is 0.474. The zero-order valence-electron chi connectivity index (χ0n) is 15.5. The highest BCUT2D eigenvalue weighted by Crippen LogP contribution is 2.29. The maximum atomic E-state index is 12.1. The smallest absolute Gasteiger partial charge is 0.321 e. The van der Waals surface area contributed by atoms with E-state index in [1.165, 1.54) is 6.92 Å². The lowest BCUT2D eigenvalue weighted by Gasteiger charge is -2.25. The quantitative estimate of drug-likeness (QED) is 0.656. The van der Waals surface area contributed by atoms with Crippen LogP contribution < -0.4 is 20.7 Å². The van der Waals surface area contributed by atoms with Crippen molar-refractivity contribution >= 4 is 29.5 Å². The summed E-state index contributed by atoms with van der Waals surface area (Å²) in [5.74, 6) is -1.53. The van der Waals surface area contributed by atoms with Crippen molar-refractivity contribution in [2.75, 3.05) is 5.32 Å². The highest BCUT2D eigenvalue weighted by atomic mass is 16.6. The van der Waals surface area contributed by atoms with E-state index in [4.69, 9.17) is 9.47 Å². The molecule has 0 aromatic heterocycles. The molecule has 3 rings (SSSR count). The van der Waals surface area contributed by atoms with Crippen LogP contribution in [-0.4, -0.2) is 42.1 Å². The highest BCUT2D eigenvalue weighted by molar-refractivity contribution is 6.00. The molecule has 1 aliphatic heterocycles. The number of para-hydroxylation sites is 2. The van der Waals surface area contributed by atoms with Crippen molar-refractivity contribution in [3.63, 3.8) is 0 Å². The number of amides is 4. The van der Waals surface area contributed by atoms with E-state index in [9.17, 15) is 19.2 Å². The molecule has 1 aromatic rings. The molecule has 1 saturated carbocycles. The van der Waals surface area contributed by atoms with E-state index in [2.05, 4.69) is 16.0 Å². The number of benzene rings is 1. The lowest BCUT2D eigenvalue weighted by molar-refractivity contribution is -0.157. The molecule has 1 aromatic carbocycles. The Labute approximate surface area is 162 Å². The Morgan fingerprint density at radius 2 is 1.96 bits per heavy atom. The molecule has 0 bridgehead atoms. The first-order chi connectivity index (χ1) is 13.4. The number of esters is 1. The number of rotatable bonds is 5. The maximum absolute atomic E-state index is 12.1. The standard InChI is InChI=1S/C19H23N3O6/c1-11(17(24)22-19(26)20-12-6-2-3-7-12)27-16(23)10-15-18(25)21-13-8-4-5-9-14(13)28-15/h4-5,8-9,11-12,15H,2-3,6-7,10H2,1H3,(H,21,25)(H2,20,22,24,26)/t11-,15-/m0/s1. The van der Waals surface area contributed by atoms with E-state index in [0.717, 1.165) is 25.7 Å². The van der Waals surface area contributed by atoms with Gasteiger partial charge in [-0.1, -0.05) is 25.0 Å². The maximum Gasteiger partial charge on any atom is 0.321 e. The molecule has 9 nitrogen and oxygen atoms in total. The second kappa shape index (κ2) is 8.73. The predicted molar refractivity (Wildman–Crippen MR) is 98.6 cm³/mol. The molecule has 150 valence electrons. The summed E-state index contributed by atoms with van der Waals surface area (Å²) in [5, 5.41) is 7.52. The third kappa shape index (κ3) is 4.99. The van der Waals surface area contributed by atoms with Crippen LogP contribution in [0.5, 0.6) is 5.75 Å². The Bertz CT molecular complexity index is 775. The summed E-state index contributed by atoms with van der Waals surface area (Å²) in [7, 11) is 0. The Morgan fingerprint density at radius 3 is 2.71 bits per heavy atom. The normalized spacial score (nSPS) is 19.6. The second-order valence-electron chi connectivity index (χ2n) is 6.87. The van der Waals surface area contributed by atoms with E-state index >= 15 is 0 Å². The van der Waals surface area contributed by atoms with Crippen molar-refractivity contribution < 1.29 is 28.7 Å². The molecule has 28 heavy (non-hydrogen) atoms. The first kappa shape index (κ1) is 19.7. The second-order valence-corrected chi connectivity index (χ2v) is 6.87. The number of carbonyl (C=O) groups excluding carboxylic acids is 4. The summed E-state index contributed by atoms with van der Waals surface area (Å²) in [5.41, 5.74) is 0.526. The average molecular weight is 389 g/mol. The van der Waals surface area contributed by atoms with Crippen molar-refractivity contribution in [1.29, 1.82) is 0 Å². The lowest BCUT2D eigenvalue weighted by Crippen LogP contribution is -2.47. The third-order valence-corrected chi connectivity index (χ3v) is 4.66. The number of fused-ring (bicyclic) bond motifs is 1. The number of anilines is 1. The summed E-state index contributed by atoms with van der Waals surface area (Å²) in [4.78, 5) is 48.0. The molecule has 0 spiro atoms. The van der Waals surface area contributed by atoms with Gasteiger partial charge in [-0.3, -0.25) is 19.7 Å². The topological polar surface area (TPSA) is 123 Å². The van der Waals surface area contributed by atoms with E-state index in [1.54, 1.807) is 24.3 Å². The first-order valence-electron chi connectivity index (χ1n) is 9.30. The number of ether oxygens (including phenoxy) is 2. The third-order valence-electron chi connectivity index (χ3n) is 4.66. The van der Waals surface area contributed by atoms with Crippen molar-refractivity contribution in [1.82, 2.24) is 10.6 Å². The van der Waals surface area contributed by atoms with Crippen LogP contribution in [0.3, 0.4) is 0 Å². The van der Waals surface area contributed by atoms with Crippen molar-refractivity contribution in [2.45, 2.75) is 57.3 Å². The van der Waals surface area contributed by atoms with Crippen LogP contribution in [0.25, 0.3) is 0 Å². The van der Waals surface area contributed by atoms with Gasteiger partial charge < -0.3 is 20.1 Å². The van der Waals surface area contributed by atoms with Gasteiger partial charge in [0.2, 0.25) is 0 Å². The molecule has 1 heterocycles. The van der Waals surface area contributed by atoms with Crippen LogP contribution in [0.1, 0.15) is 39.0 Å². The van der Waals surface area contributed by atoms with Crippen molar-refractivity contribution in [3.8, 4) is 5.75 Å². The monoisotopic (exact) mass is 389 g/mol. The summed E-state index contributed by atoms with van der Waals surface area (Å²) in [6, 6.07) is 6.31. The van der Waals surface area contributed by atoms with Crippen LogP contribution >= 0.6 is 0 Å². The van der Waals surface area contributed by atoms with Gasteiger partial charge in [-0.25, -0.2) is 4.79 Å². The van der Waals surface area contributed by atoms with Crippen molar-refractivity contribution in [2.24, 2.45) is 0 Å². The van der Waals surface area contributed by atoms with Gasteiger partial charge in [0.1, 0.15) is 5.75 Å². The van der Waals surface area contributed by atoms with Gasteiger partial charge >= 0.3 is 12.0 Å². The van der Waals surface area contributed by atoms with Gasteiger partial charge in [0, 0.05) is 6.04 Å². The number of nitrogens with one attached hydrogen (secondary N) is 3. The van der Waals surface area contributed by atoms with Crippen LogP contribution in [0.2, 0.25) is 0 Å². The Balaban J connectivity index is 1.45. The fourth-order valence-corrected chi connectivity index (χ4v) is 3.18. The molecular weight excluding hydrogens is 366 g/mol. The van der Waals surface area contributed by atoms with Crippen LogP contribution in [-0.2, 0) is 19.1 Å². The molecule has 3 N–H and O–H groups in total. The Morgan fingerprint density at radius 1 is 1.25 bits per heavy atom. The zero-order valence-corrected chi connectivity index (χ0v) is 15.5. The summed E-state index contributed by atoms with van der Waals surface area (Å²) >= 11 is 0. The number of imide groups is 1. The average Bonchev–Trinajstić information content (AvgIpc) is 3.15. The minimum Gasteiger partial charge on any atom is -0.478 e. The molecule has 1 aliphatic carbocycles. The summed E-state index contributed by atoms with van der Waals surface area (Å²) in [6.07, 6.45) is 1.29. The van der Waals surface area contributed by atoms with E-state index in [0.29, 0.717) is 11.4 Å². The Kier molecular flexibility index (Phi) is 6.13. The Hall–Kier alpha value is -3.10. The van der Waals surface area contributed by atoms with E-state index < -0.39 is 36.0 Å². The highest BCUT2D eigenvalue weighted by Gasteiger charge is 2.31. The molecule has 4 amide bonds. The number of hydrogen-bond acceptors (Lipinski definition) is 6. The van der Waals surface area contributed by atoms with Crippen LogP contribution in [0.4, 0.5) is 10.5 Å². The minimum atomic E-state index is -1.18. The summed E-state index contributed by atoms with van der Waals surface area (Å²) in [6.45, 7) is 1.35. The van der Waals surface area contributed by atoms with Gasteiger partial charge in [0.15, 0.2) is 12.2 Å². The predicted octanol–water partition coefficient (Wildman–Crippen LogP) is 1.48. The molecule has 9 heteroatoms. The SMILES string of the molecule is C[C@H](OC(=O)C[C@@H]1Oc2ccccc2NC1=O)C(=O)NC(=O)NC1CCCC1. The number of urea groups is 1. The fourth-order valence-electron chi connectivity index (χ4n) is 3.18. The summed E-state index contributed by atoms with van der Waals surface area (Å²) < 4.78 is 10.5. The molecule has 0 unspecified atom stereocenters. The number of carbonyl (C=O) groups is 4. The van der Waals surface area contributed by atoms with E-state index in [1.807, 2.05) is 0 Å². The molecule has 0 radical (unpaired) electrons. The molecule has 0 saturated heterocycles. The van der Waals surface area contributed by atoms with Gasteiger partial charge in [0.25, 0.3) is 11.8 Å². The van der Waals surface area contributed by atoms with Crippen molar-refractivity contribution in [3.05, 3.63) is 24.3 Å². The molecule has 1 fully saturated rings. The molecule has 2 aliphatic rings. The number of hydrogen-bond donors (Lipinski definition) is 3. The van der Waals surface area contributed by atoms with Gasteiger partial charge in [-0.2, -0.15) is 0 Å².